The number of aliphatic hydroxyl groups excluding tert-OH is 1. The van der Waals surface area contributed by atoms with Crippen LogP contribution in [0.4, 0.5) is 5.82 Å². The summed E-state index contributed by atoms with van der Waals surface area (Å²) in [4.78, 5) is 15.2. The highest BCUT2D eigenvalue weighted by Crippen LogP contribution is 2.32. The van der Waals surface area contributed by atoms with Crippen molar-refractivity contribution >= 4 is 11.7 Å². The summed E-state index contributed by atoms with van der Waals surface area (Å²) in [5.74, 6) is 1.13. The van der Waals surface area contributed by atoms with Crippen LogP contribution in [0.3, 0.4) is 0 Å². The number of nitrogens with zero attached hydrogens (tertiary/aromatic N) is 2. The number of hydrogen-bond acceptors (Lipinski definition) is 7. The summed E-state index contributed by atoms with van der Waals surface area (Å²) >= 11 is 0. The first-order valence-electron chi connectivity index (χ1n) is 13.3. The summed E-state index contributed by atoms with van der Waals surface area (Å²) < 4.78 is 11.0. The lowest BCUT2D eigenvalue weighted by Gasteiger charge is -2.42. The number of benzene rings is 3. The smallest absolute Gasteiger partial charge is 0.260 e. The second-order valence-electron chi connectivity index (χ2n) is 9.80. The van der Waals surface area contributed by atoms with Crippen molar-refractivity contribution < 1.29 is 19.2 Å². The summed E-state index contributed by atoms with van der Waals surface area (Å²) in [6, 6.07) is 29.8. The molecule has 8 heteroatoms. The van der Waals surface area contributed by atoms with Gasteiger partial charge < -0.3 is 25.0 Å². The number of anilines is 1. The lowest BCUT2D eigenvalue weighted by atomic mass is 9.83. The van der Waals surface area contributed by atoms with Crippen LogP contribution < -0.4 is 15.4 Å². The number of aliphatic hydroxyl groups is 1. The monoisotopic (exact) mass is 526 g/mol. The zero-order valence-corrected chi connectivity index (χ0v) is 22.0. The van der Waals surface area contributed by atoms with Crippen LogP contribution in [-0.4, -0.2) is 66.0 Å². The van der Waals surface area contributed by atoms with Gasteiger partial charge in [-0.1, -0.05) is 78.0 Å². The van der Waals surface area contributed by atoms with Crippen molar-refractivity contribution in [1.82, 2.24) is 15.4 Å². The second-order valence-corrected chi connectivity index (χ2v) is 9.80. The summed E-state index contributed by atoms with van der Waals surface area (Å²) in [5.41, 5.74) is 2.85. The molecule has 1 aliphatic heterocycles. The van der Waals surface area contributed by atoms with Crippen LogP contribution in [0.1, 0.15) is 33.2 Å². The summed E-state index contributed by atoms with van der Waals surface area (Å²) in [7, 11) is 0. The number of carbonyl (C=O) groups excluding carboxylic acids is 1. The number of hydrogen-bond donors (Lipinski definition) is 3. The molecule has 0 radical (unpaired) electrons. The maximum Gasteiger partial charge on any atom is 0.260 e. The number of rotatable bonds is 10. The van der Waals surface area contributed by atoms with E-state index in [4.69, 9.17) is 9.26 Å². The first kappa shape index (κ1) is 26.6. The van der Waals surface area contributed by atoms with E-state index >= 15 is 0 Å². The highest BCUT2D eigenvalue weighted by Gasteiger charge is 2.33. The van der Waals surface area contributed by atoms with Gasteiger partial charge in [-0.05, 0) is 30.2 Å². The van der Waals surface area contributed by atoms with Crippen LogP contribution in [0.25, 0.3) is 0 Å². The van der Waals surface area contributed by atoms with Crippen molar-refractivity contribution in [2.24, 2.45) is 0 Å². The molecule has 8 nitrogen and oxygen atoms in total. The molecule has 39 heavy (non-hydrogen) atoms. The molecular formula is C31H34N4O4. The molecule has 0 spiro atoms. The van der Waals surface area contributed by atoms with Crippen molar-refractivity contribution in [2.75, 3.05) is 38.1 Å². The minimum Gasteiger partial charge on any atom is -0.490 e. The Morgan fingerprint density at radius 3 is 2.41 bits per heavy atom. The third kappa shape index (κ3) is 6.72. The first-order chi connectivity index (χ1) is 19.1. The molecule has 3 aromatic carbocycles. The SMILES string of the molecule is Cc1cc(NC(=O)c2ccccc2OCC(O)CN2CCNCC2C(c2ccccc2)c2ccccc2)no1. The molecule has 0 saturated carbocycles. The number of aryl methyl sites for hydroxylation is 1. The van der Waals surface area contributed by atoms with Gasteiger partial charge in [-0.2, -0.15) is 0 Å². The normalized spacial score (nSPS) is 16.6. The topological polar surface area (TPSA) is 99.9 Å². The van der Waals surface area contributed by atoms with E-state index in [-0.39, 0.29) is 24.5 Å². The zero-order valence-electron chi connectivity index (χ0n) is 22.0. The van der Waals surface area contributed by atoms with Crippen molar-refractivity contribution in [2.45, 2.75) is 25.0 Å². The van der Waals surface area contributed by atoms with Crippen molar-refractivity contribution in [3.8, 4) is 5.75 Å². The zero-order chi connectivity index (χ0) is 27.0. The number of nitrogens with one attached hydrogen (secondary N) is 2. The maximum atomic E-state index is 12.8. The number of carbonyl (C=O) groups is 1. The molecule has 0 bridgehead atoms. The molecule has 1 aromatic heterocycles. The fourth-order valence-corrected chi connectivity index (χ4v) is 5.18. The van der Waals surface area contributed by atoms with E-state index in [1.54, 1.807) is 37.3 Å². The van der Waals surface area contributed by atoms with Gasteiger partial charge in [0.2, 0.25) is 0 Å². The first-order valence-corrected chi connectivity index (χ1v) is 13.3. The number of piperazine rings is 1. The molecule has 1 aliphatic rings. The van der Waals surface area contributed by atoms with Gasteiger partial charge in [0.05, 0.1) is 5.56 Å². The second kappa shape index (κ2) is 12.7. The van der Waals surface area contributed by atoms with E-state index in [1.807, 2.05) is 12.1 Å². The van der Waals surface area contributed by atoms with Crippen LogP contribution in [0.15, 0.2) is 95.5 Å². The van der Waals surface area contributed by atoms with Gasteiger partial charge in [0, 0.05) is 44.2 Å². The Morgan fingerprint density at radius 1 is 1.08 bits per heavy atom. The fourth-order valence-electron chi connectivity index (χ4n) is 5.18. The number of para-hydroxylation sites is 1. The molecule has 2 unspecified atom stereocenters. The Hall–Kier alpha value is -3.98. The van der Waals surface area contributed by atoms with Gasteiger partial charge in [0.15, 0.2) is 5.82 Å². The van der Waals surface area contributed by atoms with Gasteiger partial charge in [0.1, 0.15) is 24.2 Å². The lowest BCUT2D eigenvalue weighted by Crippen LogP contribution is -2.56. The Bertz CT molecular complexity index is 1310. The Morgan fingerprint density at radius 2 is 1.74 bits per heavy atom. The predicted octanol–water partition coefficient (Wildman–Crippen LogP) is 4.08. The van der Waals surface area contributed by atoms with Gasteiger partial charge in [-0.15, -0.1) is 0 Å². The van der Waals surface area contributed by atoms with E-state index in [9.17, 15) is 9.90 Å². The fraction of sp³-hybridized carbons (Fsp3) is 0.290. The molecule has 2 heterocycles. The van der Waals surface area contributed by atoms with Crippen LogP contribution in [0.2, 0.25) is 0 Å². The van der Waals surface area contributed by atoms with Crippen LogP contribution in [0, 0.1) is 6.92 Å². The highest BCUT2D eigenvalue weighted by molar-refractivity contribution is 6.05. The van der Waals surface area contributed by atoms with E-state index in [1.165, 1.54) is 11.1 Å². The molecule has 1 fully saturated rings. The molecule has 5 rings (SSSR count). The van der Waals surface area contributed by atoms with Crippen LogP contribution in [0.5, 0.6) is 5.75 Å². The molecule has 202 valence electrons. The van der Waals surface area contributed by atoms with E-state index in [2.05, 4.69) is 69.2 Å². The molecule has 1 saturated heterocycles. The van der Waals surface area contributed by atoms with E-state index < -0.39 is 6.10 Å². The average molecular weight is 527 g/mol. The number of β-amino-alcohol motifs (C(OH)–C–C–N with tert-alkyl or cyclic N) is 1. The number of ether oxygens (including phenoxy) is 1. The van der Waals surface area contributed by atoms with Crippen LogP contribution in [-0.2, 0) is 0 Å². The Balaban J connectivity index is 1.27. The Kier molecular flexibility index (Phi) is 8.68. The van der Waals surface area contributed by atoms with E-state index in [0.717, 1.165) is 19.6 Å². The predicted molar refractivity (Wildman–Crippen MR) is 150 cm³/mol. The lowest BCUT2D eigenvalue weighted by molar-refractivity contribution is 0.0400. The van der Waals surface area contributed by atoms with Crippen molar-refractivity contribution in [1.29, 1.82) is 0 Å². The van der Waals surface area contributed by atoms with Crippen molar-refractivity contribution in [3.05, 3.63) is 113 Å². The number of amides is 1. The largest absolute Gasteiger partial charge is 0.490 e. The van der Waals surface area contributed by atoms with Gasteiger partial charge in [-0.3, -0.25) is 9.69 Å². The minimum atomic E-state index is -0.743. The van der Waals surface area contributed by atoms with Gasteiger partial charge in [-0.25, -0.2) is 0 Å². The number of aromatic nitrogens is 1. The molecule has 1 amide bonds. The molecule has 0 aliphatic carbocycles. The highest BCUT2D eigenvalue weighted by atomic mass is 16.5. The third-order valence-electron chi connectivity index (χ3n) is 6.98. The average Bonchev–Trinajstić information content (AvgIpc) is 3.38. The Labute approximate surface area is 228 Å². The summed E-state index contributed by atoms with van der Waals surface area (Å²) in [6.45, 7) is 4.75. The molecule has 2 atom stereocenters. The van der Waals surface area contributed by atoms with Crippen LogP contribution >= 0.6 is 0 Å². The standard InChI is InChI=1S/C31H34N4O4/c1-22-18-29(34-39-22)33-31(37)26-14-8-9-15-28(26)38-21-25(36)20-35-17-16-32-19-27(35)30(23-10-4-2-5-11-23)24-12-6-3-7-13-24/h2-15,18,25,27,30,32,36H,16-17,19-21H2,1H3,(H,33,34,37). The molecule has 3 N–H and O–H groups in total. The van der Waals surface area contributed by atoms with Gasteiger partial charge >= 0.3 is 0 Å². The van der Waals surface area contributed by atoms with E-state index in [0.29, 0.717) is 29.4 Å². The van der Waals surface area contributed by atoms with Crippen molar-refractivity contribution in [3.63, 3.8) is 0 Å². The summed E-state index contributed by atoms with van der Waals surface area (Å²) in [5, 5.41) is 21.1. The summed E-state index contributed by atoms with van der Waals surface area (Å²) in [6.07, 6.45) is -0.743. The van der Waals surface area contributed by atoms with Gasteiger partial charge in [0.25, 0.3) is 5.91 Å². The quantitative estimate of drug-likeness (QED) is 0.286. The maximum absolute atomic E-state index is 12.8. The molecular weight excluding hydrogens is 492 g/mol. The minimum absolute atomic E-state index is 0.0609. The molecule has 4 aromatic rings. The third-order valence-corrected chi connectivity index (χ3v) is 6.98.